The largest absolute Gasteiger partial charge is 0.428 e. The molecule has 0 rings (SSSR count). The van der Waals surface area contributed by atoms with E-state index in [9.17, 15) is 79.0 Å². The summed E-state index contributed by atoms with van der Waals surface area (Å²) >= 11 is -2.67. The first-order valence-electron chi connectivity index (χ1n) is 8.74. The minimum Gasteiger partial charge on any atom is -0.390 e. The molecule has 0 saturated heterocycles. The summed E-state index contributed by atoms with van der Waals surface area (Å²) in [5.74, 6) is -28.8. The van der Waals surface area contributed by atoms with Crippen molar-refractivity contribution in [2.45, 2.75) is 59.1 Å². The van der Waals surface area contributed by atoms with Crippen LogP contribution in [0.5, 0.6) is 0 Å². The summed E-state index contributed by atoms with van der Waals surface area (Å²) in [6.45, 7) is -5.95. The zero-order valence-corrected chi connectivity index (χ0v) is 18.9. The Hall–Kier alpha value is -0.720. The van der Waals surface area contributed by atoms with E-state index in [1.54, 1.807) is 0 Å². The van der Waals surface area contributed by atoms with Crippen molar-refractivity contribution in [3.8, 4) is 0 Å². The molecule has 0 radical (unpaired) electrons. The van der Waals surface area contributed by atoms with Crippen LogP contribution in [0.1, 0.15) is 0 Å². The second-order valence-corrected chi connectivity index (χ2v) is 9.08. The van der Waals surface area contributed by atoms with Gasteiger partial charge >= 0.3 is 46.4 Å². The summed E-state index contributed by atoms with van der Waals surface area (Å²) in [6, 6.07) is 0. The van der Waals surface area contributed by atoms with Gasteiger partial charge in [0.15, 0.2) is 0 Å². The van der Waals surface area contributed by atoms with E-state index < -0.39 is 107 Å². The highest BCUT2D eigenvalue weighted by Gasteiger charge is 2.75. The first-order valence-corrected chi connectivity index (χ1v) is 10.7. The number of aliphatic hydroxyl groups is 2. The van der Waals surface area contributed by atoms with Gasteiger partial charge in [0.1, 0.15) is 13.2 Å². The van der Waals surface area contributed by atoms with Crippen LogP contribution in [0.4, 0.5) is 79.0 Å². The fourth-order valence-corrected chi connectivity index (χ4v) is 3.23. The molecule has 0 bridgehead atoms. The van der Waals surface area contributed by atoms with Gasteiger partial charge in [-0.3, -0.25) is 9.47 Å². The lowest BCUT2D eigenvalue weighted by Gasteiger charge is -2.33. The Balaban J connectivity index is 5.17. The minimum atomic E-state index is -6.76. The van der Waals surface area contributed by atoms with Gasteiger partial charge in [-0.05, 0) is 0 Å². The Morgan fingerprint density at radius 3 is 0.947 bits per heavy atom. The van der Waals surface area contributed by atoms with Crippen LogP contribution in [-0.4, -0.2) is 94.1 Å². The quantitative estimate of drug-likeness (QED) is 0.150. The summed E-state index contributed by atoms with van der Waals surface area (Å²) in [7, 11) is 0. The third kappa shape index (κ3) is 7.94. The van der Waals surface area contributed by atoms with E-state index in [-0.39, 0.29) is 0 Å². The molecule has 2 unspecified atom stereocenters. The maximum Gasteiger partial charge on any atom is 0.428 e. The number of alkyl halides is 18. The Bertz CT molecular complexity index is 705. The number of halogens is 18. The second kappa shape index (κ2) is 12.0. The van der Waals surface area contributed by atoms with Gasteiger partial charge < -0.3 is 10.2 Å². The molecule has 0 aliphatic carbocycles. The number of hydrogen-bond donors (Lipinski definition) is 2. The molecular formula is C14H12F18O4S2. The third-order valence-corrected chi connectivity index (χ3v) is 5.97. The summed E-state index contributed by atoms with van der Waals surface area (Å²) in [5.41, 5.74) is 0. The predicted octanol–water partition coefficient (Wildman–Crippen LogP) is 5.97. The van der Waals surface area contributed by atoms with Crippen molar-refractivity contribution < 1.29 is 98.7 Å². The van der Waals surface area contributed by atoms with E-state index in [2.05, 4.69) is 9.47 Å². The van der Waals surface area contributed by atoms with Crippen LogP contribution < -0.4 is 0 Å². The molecule has 0 saturated carbocycles. The van der Waals surface area contributed by atoms with E-state index in [4.69, 9.17) is 10.2 Å². The van der Waals surface area contributed by atoms with E-state index >= 15 is 0 Å². The molecule has 2 N–H and O–H groups in total. The first kappa shape index (κ1) is 37.3. The molecule has 0 amide bonds. The Morgan fingerprint density at radius 2 is 0.737 bits per heavy atom. The van der Waals surface area contributed by atoms with Crippen LogP contribution >= 0.6 is 23.5 Å². The van der Waals surface area contributed by atoms with E-state index in [1.807, 2.05) is 0 Å². The first-order chi connectivity index (χ1) is 16.6. The molecule has 230 valence electrons. The molecule has 2 atom stereocenters. The minimum absolute atomic E-state index is 1.33. The van der Waals surface area contributed by atoms with Crippen molar-refractivity contribution in [3.63, 3.8) is 0 Å². The Morgan fingerprint density at radius 1 is 0.500 bits per heavy atom. The van der Waals surface area contributed by atoms with Crippen molar-refractivity contribution in [1.29, 1.82) is 0 Å². The number of ether oxygens (including phenoxy) is 2. The van der Waals surface area contributed by atoms with Crippen molar-refractivity contribution in [2.24, 2.45) is 0 Å². The lowest BCUT2D eigenvalue weighted by molar-refractivity contribution is -0.429. The van der Waals surface area contributed by atoms with Crippen LogP contribution in [0.25, 0.3) is 0 Å². The van der Waals surface area contributed by atoms with Gasteiger partial charge in [-0.1, -0.05) is 23.5 Å². The highest BCUT2D eigenvalue weighted by Crippen LogP contribution is 2.50. The molecule has 24 heteroatoms. The maximum atomic E-state index is 13.5. The summed E-state index contributed by atoms with van der Waals surface area (Å²) in [4.78, 5) is 0. The maximum absolute atomic E-state index is 13.5. The van der Waals surface area contributed by atoms with Gasteiger partial charge in [-0.2, -0.15) is 70.2 Å². The Labute approximate surface area is 207 Å². The topological polar surface area (TPSA) is 58.9 Å². The molecule has 0 fully saturated rings. The monoisotopic (exact) mass is 650 g/mol. The summed E-state index contributed by atoms with van der Waals surface area (Å²) in [6.07, 6.45) is -23.1. The number of aliphatic hydroxyl groups excluding tert-OH is 2. The average molecular weight is 650 g/mol. The lowest BCUT2D eigenvalue weighted by atomic mass is 10.1. The van der Waals surface area contributed by atoms with Gasteiger partial charge in [0, 0.05) is 11.5 Å². The highest BCUT2D eigenvalue weighted by molar-refractivity contribution is 8.03. The smallest absolute Gasteiger partial charge is 0.390 e. The lowest BCUT2D eigenvalue weighted by Crippen LogP contribution is -2.58. The van der Waals surface area contributed by atoms with Gasteiger partial charge in [0.2, 0.25) is 0 Å². The van der Waals surface area contributed by atoms with E-state index in [1.165, 1.54) is 0 Å². The van der Waals surface area contributed by atoms with Crippen molar-refractivity contribution in [1.82, 2.24) is 0 Å². The van der Waals surface area contributed by atoms with Crippen LogP contribution in [0.2, 0.25) is 0 Å². The highest BCUT2D eigenvalue weighted by atomic mass is 32.2. The summed E-state index contributed by atoms with van der Waals surface area (Å²) < 4.78 is 241. The molecule has 0 aromatic heterocycles. The van der Waals surface area contributed by atoms with Gasteiger partial charge in [0.25, 0.3) is 12.7 Å². The van der Waals surface area contributed by atoms with Crippen LogP contribution in [0, 0.1) is 0 Å². The summed E-state index contributed by atoms with van der Waals surface area (Å²) in [5, 5.41) is 5.16. The van der Waals surface area contributed by atoms with Crippen molar-refractivity contribution in [3.05, 3.63) is 0 Å². The fraction of sp³-hybridized carbons (Fsp3) is 1.00. The molecule has 0 heterocycles. The van der Waals surface area contributed by atoms with Gasteiger partial charge in [-0.15, -0.1) is 0 Å². The molecule has 0 aliphatic heterocycles. The van der Waals surface area contributed by atoms with Crippen LogP contribution in [-0.2, 0) is 9.47 Å². The molecule has 0 aromatic rings. The van der Waals surface area contributed by atoms with Gasteiger partial charge in [0.05, 0.1) is 0 Å². The zero-order valence-electron chi connectivity index (χ0n) is 17.3. The predicted molar refractivity (Wildman–Crippen MR) is 90.6 cm³/mol. The fourth-order valence-electron chi connectivity index (χ4n) is 1.66. The standard InChI is InChI=1S/C14H12F18O4S2/c15-5(35-13(29,30)11(25,26)7(17,18)3-33)9(21,22)37-1-2-38-10(23,24)6(16)36-14(31,32)12(27,28)8(19,20)4-34/h5-6,33-34H,1-4H2. The molecule has 0 aliphatic rings. The third-order valence-electron chi connectivity index (χ3n) is 3.75. The SMILES string of the molecule is OCC(F)(F)C(F)(F)C(F)(F)OC(F)C(F)(F)SCCSC(F)(F)C(F)OC(F)(F)C(F)(F)C(F)(F)CO. The van der Waals surface area contributed by atoms with Crippen molar-refractivity contribution in [2.75, 3.05) is 24.7 Å². The number of rotatable bonds is 17. The second-order valence-electron chi connectivity index (χ2n) is 6.60. The van der Waals surface area contributed by atoms with Crippen LogP contribution in [0.15, 0.2) is 0 Å². The number of thioether (sulfide) groups is 2. The Kier molecular flexibility index (Phi) is 11.8. The molecule has 38 heavy (non-hydrogen) atoms. The molecule has 4 nitrogen and oxygen atoms in total. The van der Waals surface area contributed by atoms with E-state index in [0.29, 0.717) is 0 Å². The zero-order chi connectivity index (χ0) is 30.8. The van der Waals surface area contributed by atoms with Gasteiger partial charge in [-0.25, -0.2) is 8.78 Å². The van der Waals surface area contributed by atoms with E-state index in [0.717, 1.165) is 0 Å². The van der Waals surface area contributed by atoms with Crippen LogP contribution in [0.3, 0.4) is 0 Å². The van der Waals surface area contributed by atoms with Crippen molar-refractivity contribution >= 4 is 23.5 Å². The normalized spacial score (nSPS) is 17.1. The average Bonchev–Trinajstić information content (AvgIpc) is 2.75. The number of hydrogen-bond acceptors (Lipinski definition) is 6. The molecule has 0 aromatic carbocycles. The molecule has 0 spiro atoms. The molecular weight excluding hydrogens is 638 g/mol.